The average molecular weight is 282 g/mol. The molecule has 0 N–H and O–H groups in total. The third kappa shape index (κ3) is 4.34. The van der Waals surface area contributed by atoms with Crippen LogP contribution in [-0.4, -0.2) is 31.7 Å². The van der Waals surface area contributed by atoms with Gasteiger partial charge in [0.05, 0.1) is 24.5 Å². The summed E-state index contributed by atoms with van der Waals surface area (Å²) in [5.41, 5.74) is 0.636. The maximum atomic E-state index is 12.0. The third-order valence-electron chi connectivity index (χ3n) is 2.60. The minimum Gasteiger partial charge on any atom is -0.469 e. The molecule has 1 unspecified atom stereocenters. The zero-order valence-electron chi connectivity index (χ0n) is 10.7. The molecule has 102 valence electrons. The fraction of sp³-hybridized carbons (Fsp3) is 0.417. The van der Waals surface area contributed by atoms with Crippen molar-refractivity contribution in [3.05, 3.63) is 29.6 Å². The van der Waals surface area contributed by atoms with Crippen LogP contribution in [0.4, 0.5) is 0 Å². The van der Waals surface area contributed by atoms with E-state index in [1.807, 2.05) is 6.07 Å². The van der Waals surface area contributed by atoms with Crippen LogP contribution in [0.1, 0.15) is 24.6 Å². The van der Waals surface area contributed by atoms with E-state index in [4.69, 9.17) is 5.26 Å². The summed E-state index contributed by atoms with van der Waals surface area (Å²) >= 11 is 0. The molecule has 7 heteroatoms. The molecule has 6 nitrogen and oxygen atoms in total. The summed E-state index contributed by atoms with van der Waals surface area (Å²) in [4.78, 5) is 14.8. The second-order valence-corrected chi connectivity index (χ2v) is 6.48. The topological polar surface area (TPSA) is 97.1 Å². The molecule has 0 saturated heterocycles. The molecule has 0 aliphatic heterocycles. The Bertz CT molecular complexity index is 604. The zero-order chi connectivity index (χ0) is 14.5. The monoisotopic (exact) mass is 282 g/mol. The van der Waals surface area contributed by atoms with Crippen LogP contribution < -0.4 is 0 Å². The van der Waals surface area contributed by atoms with E-state index < -0.39 is 21.1 Å². The first kappa shape index (κ1) is 15.1. The molecule has 1 atom stereocenters. The highest BCUT2D eigenvalue weighted by atomic mass is 32.2. The Kier molecular flexibility index (Phi) is 5.01. The van der Waals surface area contributed by atoms with Gasteiger partial charge in [0, 0.05) is 6.20 Å². The maximum Gasteiger partial charge on any atom is 0.306 e. The molecular weight excluding hydrogens is 268 g/mol. The van der Waals surface area contributed by atoms with E-state index in [9.17, 15) is 13.2 Å². The second kappa shape index (κ2) is 6.29. The fourth-order valence-electron chi connectivity index (χ4n) is 1.44. The first-order chi connectivity index (χ1) is 8.89. The van der Waals surface area contributed by atoms with E-state index >= 15 is 0 Å². The number of rotatable bonds is 5. The lowest BCUT2D eigenvalue weighted by molar-refractivity contribution is -0.140. The van der Waals surface area contributed by atoms with Crippen LogP contribution in [0.2, 0.25) is 0 Å². The van der Waals surface area contributed by atoms with Crippen LogP contribution in [0.25, 0.3) is 0 Å². The number of carbonyl (C=O) groups excluding carboxylic acids is 1. The van der Waals surface area contributed by atoms with Gasteiger partial charge >= 0.3 is 5.97 Å². The zero-order valence-corrected chi connectivity index (χ0v) is 11.5. The predicted molar refractivity (Wildman–Crippen MR) is 67.7 cm³/mol. The van der Waals surface area contributed by atoms with Gasteiger partial charge in [0.2, 0.25) is 0 Å². The lowest BCUT2D eigenvalue weighted by Gasteiger charge is -2.11. The van der Waals surface area contributed by atoms with Crippen molar-refractivity contribution in [3.63, 3.8) is 0 Å². The summed E-state index contributed by atoms with van der Waals surface area (Å²) in [5, 5.41) is 7.86. The minimum atomic E-state index is -3.48. The van der Waals surface area contributed by atoms with Crippen molar-refractivity contribution < 1.29 is 17.9 Å². The molecule has 1 aromatic heterocycles. The number of methoxy groups -OCH3 is 1. The van der Waals surface area contributed by atoms with Crippen LogP contribution >= 0.6 is 0 Å². The number of esters is 1. The highest BCUT2D eigenvalue weighted by molar-refractivity contribution is 7.91. The van der Waals surface area contributed by atoms with Gasteiger partial charge in [0.25, 0.3) is 0 Å². The first-order valence-electron chi connectivity index (χ1n) is 5.52. The number of carbonyl (C=O) groups is 1. The van der Waals surface area contributed by atoms with E-state index in [1.54, 1.807) is 0 Å². The molecule has 0 fully saturated rings. The highest BCUT2D eigenvalue weighted by Gasteiger charge is 2.24. The summed E-state index contributed by atoms with van der Waals surface area (Å²) in [6.45, 7) is 1.46. The van der Waals surface area contributed by atoms with E-state index in [-0.39, 0.29) is 17.9 Å². The SMILES string of the molecule is COC(=O)CC(C)S(=O)(=O)Cc1ccnc(C#N)c1. The molecule has 0 aromatic carbocycles. The molecule has 1 rings (SSSR count). The normalized spacial score (nSPS) is 12.5. The number of ether oxygens (including phenoxy) is 1. The van der Waals surface area contributed by atoms with Gasteiger partial charge in [-0.3, -0.25) is 4.79 Å². The van der Waals surface area contributed by atoms with Crippen molar-refractivity contribution in [2.75, 3.05) is 7.11 Å². The lowest BCUT2D eigenvalue weighted by atomic mass is 10.2. The van der Waals surface area contributed by atoms with Crippen LogP contribution in [0.3, 0.4) is 0 Å². The molecule has 19 heavy (non-hydrogen) atoms. The number of aromatic nitrogens is 1. The van der Waals surface area contributed by atoms with Crippen LogP contribution in [0.15, 0.2) is 18.3 Å². The van der Waals surface area contributed by atoms with Gasteiger partial charge in [-0.25, -0.2) is 13.4 Å². The summed E-state index contributed by atoms with van der Waals surface area (Å²) in [6.07, 6.45) is 1.20. The number of pyridine rings is 1. The lowest BCUT2D eigenvalue weighted by Crippen LogP contribution is -2.23. The van der Waals surface area contributed by atoms with Gasteiger partial charge < -0.3 is 4.74 Å². The maximum absolute atomic E-state index is 12.0. The number of nitriles is 1. The van der Waals surface area contributed by atoms with Crippen LogP contribution in [0.5, 0.6) is 0 Å². The summed E-state index contributed by atoms with van der Waals surface area (Å²) in [7, 11) is -2.27. The van der Waals surface area contributed by atoms with Crippen molar-refractivity contribution in [3.8, 4) is 6.07 Å². The van der Waals surface area contributed by atoms with Gasteiger partial charge in [-0.1, -0.05) is 0 Å². The second-order valence-electron chi connectivity index (χ2n) is 4.06. The van der Waals surface area contributed by atoms with E-state index in [0.717, 1.165) is 0 Å². The fourth-order valence-corrected chi connectivity index (χ4v) is 2.76. The van der Waals surface area contributed by atoms with Gasteiger partial charge in [0.1, 0.15) is 11.8 Å². The largest absolute Gasteiger partial charge is 0.469 e. The summed E-state index contributed by atoms with van der Waals surface area (Å²) < 4.78 is 28.5. The van der Waals surface area contributed by atoms with Crippen LogP contribution in [0, 0.1) is 11.3 Å². The highest BCUT2D eigenvalue weighted by Crippen LogP contribution is 2.14. The molecule has 0 amide bonds. The number of nitrogens with zero attached hydrogens (tertiary/aromatic N) is 2. The molecule has 0 aliphatic carbocycles. The Hall–Kier alpha value is -1.94. The Labute approximate surface area is 111 Å². The molecule has 1 heterocycles. The molecular formula is C12H14N2O4S. The quantitative estimate of drug-likeness (QED) is 0.742. The van der Waals surface area contributed by atoms with Crippen molar-refractivity contribution in [1.82, 2.24) is 4.98 Å². The predicted octanol–water partition coefficient (Wildman–Crippen LogP) is 0.820. The van der Waals surface area contributed by atoms with Crippen molar-refractivity contribution >= 4 is 15.8 Å². The molecule has 0 aliphatic rings. The van der Waals surface area contributed by atoms with Gasteiger partial charge in [0.15, 0.2) is 9.84 Å². The molecule has 0 saturated carbocycles. The Morgan fingerprint density at radius 2 is 2.26 bits per heavy atom. The Morgan fingerprint density at radius 3 is 2.84 bits per heavy atom. The van der Waals surface area contributed by atoms with E-state index in [0.29, 0.717) is 5.56 Å². The number of sulfone groups is 1. The molecule has 1 aromatic rings. The van der Waals surface area contributed by atoms with Crippen LogP contribution in [-0.2, 0) is 25.1 Å². The molecule has 0 spiro atoms. The van der Waals surface area contributed by atoms with Gasteiger partial charge in [-0.15, -0.1) is 0 Å². The van der Waals surface area contributed by atoms with E-state index in [2.05, 4.69) is 9.72 Å². The smallest absolute Gasteiger partial charge is 0.306 e. The number of hydrogen-bond donors (Lipinski definition) is 0. The molecule has 0 radical (unpaired) electrons. The van der Waals surface area contributed by atoms with Crippen molar-refractivity contribution in [2.24, 2.45) is 0 Å². The summed E-state index contributed by atoms with van der Waals surface area (Å²) in [6, 6.07) is 4.79. The average Bonchev–Trinajstić information content (AvgIpc) is 2.38. The van der Waals surface area contributed by atoms with Crippen molar-refractivity contribution in [1.29, 1.82) is 5.26 Å². The molecule has 0 bridgehead atoms. The number of hydrogen-bond acceptors (Lipinski definition) is 6. The standard InChI is InChI=1S/C12H14N2O4S/c1-9(5-12(15)18-2)19(16,17)8-10-3-4-14-11(6-10)7-13/h3-4,6,9H,5,8H2,1-2H3. The van der Waals surface area contributed by atoms with E-state index in [1.165, 1.54) is 32.4 Å². The van der Waals surface area contributed by atoms with Crippen molar-refractivity contribution in [2.45, 2.75) is 24.3 Å². The third-order valence-corrected chi connectivity index (χ3v) is 4.73. The Morgan fingerprint density at radius 1 is 1.58 bits per heavy atom. The van der Waals surface area contributed by atoms with Gasteiger partial charge in [-0.2, -0.15) is 5.26 Å². The summed E-state index contributed by atoms with van der Waals surface area (Å²) in [5.74, 6) is -0.800. The minimum absolute atomic E-state index is 0.160. The Balaban J connectivity index is 2.84. The first-order valence-corrected chi connectivity index (χ1v) is 7.24. The van der Waals surface area contributed by atoms with Gasteiger partial charge in [-0.05, 0) is 24.6 Å².